The summed E-state index contributed by atoms with van der Waals surface area (Å²) < 4.78 is 0. The highest BCUT2D eigenvalue weighted by molar-refractivity contribution is 4.51. The highest BCUT2D eigenvalue weighted by Gasteiger charge is 1.95. The van der Waals surface area contributed by atoms with Crippen molar-refractivity contribution in [1.29, 1.82) is 5.26 Å². The van der Waals surface area contributed by atoms with Gasteiger partial charge in [0.05, 0.1) is 0 Å². The normalized spacial score (nSPS) is 15.9. The molecule has 46 valence electrons. The van der Waals surface area contributed by atoms with E-state index in [4.69, 9.17) is 5.26 Å². The molecule has 0 aliphatic heterocycles. The van der Waals surface area contributed by atoms with Gasteiger partial charge in [-0.2, -0.15) is 5.26 Å². The first-order chi connectivity index (χ1) is 3.91. The highest BCUT2D eigenvalue weighted by Crippen LogP contribution is 2.15. The maximum Gasteiger partial charge on any atom is 0.173 e. The molecule has 0 aromatic carbocycles. The molecule has 1 fully saturated rings. The van der Waals surface area contributed by atoms with Crippen molar-refractivity contribution in [1.82, 2.24) is 0 Å². The van der Waals surface area contributed by atoms with Gasteiger partial charge in [0, 0.05) is 0 Å². The van der Waals surface area contributed by atoms with Crippen LogP contribution in [0.1, 0.15) is 32.1 Å². The Bertz CT molecular complexity index is 61.5. The van der Waals surface area contributed by atoms with Crippen LogP contribution < -0.4 is 5.73 Å². The summed E-state index contributed by atoms with van der Waals surface area (Å²) in [5, 5.41) is 7.10. The first-order valence-corrected chi connectivity index (χ1v) is 3.01. The van der Waals surface area contributed by atoms with Gasteiger partial charge in [0.25, 0.3) is 0 Å². The van der Waals surface area contributed by atoms with Gasteiger partial charge in [-0.05, 0) is 0 Å². The molecule has 1 aliphatic rings. The smallest absolute Gasteiger partial charge is 0.173 e. The molecule has 0 heterocycles. The Labute approximate surface area is 50.3 Å². The predicted molar refractivity (Wildman–Crippen MR) is 32.9 cm³/mol. The van der Waals surface area contributed by atoms with Gasteiger partial charge in [-0.15, -0.1) is 0 Å². The van der Waals surface area contributed by atoms with Crippen molar-refractivity contribution in [3.63, 3.8) is 0 Å². The minimum absolute atomic E-state index is 1.25. The third-order valence-electron chi connectivity index (χ3n) is 1.25. The summed E-state index contributed by atoms with van der Waals surface area (Å²) in [6.07, 6.45) is 8.75. The van der Waals surface area contributed by atoms with Crippen molar-refractivity contribution in [2.75, 3.05) is 0 Å². The van der Waals surface area contributed by atoms with E-state index in [-0.39, 0.29) is 0 Å². The highest BCUT2D eigenvalue weighted by atomic mass is 14.5. The number of nitrogens with two attached hydrogens (primary N) is 1. The molecule has 0 bridgehead atoms. The van der Waals surface area contributed by atoms with Crippen molar-refractivity contribution >= 4 is 0 Å². The quantitative estimate of drug-likeness (QED) is 0.380. The first kappa shape index (κ1) is 7.29. The lowest BCUT2D eigenvalue weighted by molar-refractivity contribution is 0.886. The van der Waals surface area contributed by atoms with E-state index in [0.717, 1.165) is 0 Å². The second kappa shape index (κ2) is 6.29. The first-order valence-electron chi connectivity index (χ1n) is 3.01. The summed E-state index contributed by atoms with van der Waals surface area (Å²) >= 11 is 0. The van der Waals surface area contributed by atoms with Gasteiger partial charge in [-0.3, -0.25) is 0 Å². The van der Waals surface area contributed by atoms with Crippen LogP contribution in [0.2, 0.25) is 0 Å². The van der Waals surface area contributed by atoms with Gasteiger partial charge in [-0.1, -0.05) is 32.1 Å². The summed E-state index contributed by atoms with van der Waals surface area (Å²) in [6.45, 7) is 0. The van der Waals surface area contributed by atoms with E-state index in [1.165, 1.54) is 38.3 Å². The molecule has 2 nitrogen and oxygen atoms in total. The number of nitrogens with zero attached hydrogens (tertiary/aromatic N) is 1. The third kappa shape index (κ3) is 5.29. The minimum Gasteiger partial charge on any atom is -0.337 e. The average Bonchev–Trinajstić information content (AvgIpc) is 2.17. The molecule has 2 N–H and O–H groups in total. The van der Waals surface area contributed by atoms with Gasteiger partial charge in [0.2, 0.25) is 0 Å². The maximum absolute atomic E-state index is 7.10. The van der Waals surface area contributed by atoms with Crippen LogP contribution in [-0.2, 0) is 0 Å². The topological polar surface area (TPSA) is 49.8 Å². The molecule has 0 amide bonds. The summed E-state index contributed by atoms with van der Waals surface area (Å²) in [5.74, 6) is 0. The molecule has 0 atom stereocenters. The second-order valence-corrected chi connectivity index (χ2v) is 1.90. The maximum atomic E-state index is 7.10. The monoisotopic (exact) mass is 112 g/mol. The van der Waals surface area contributed by atoms with E-state index < -0.39 is 0 Å². The fourth-order valence-corrected chi connectivity index (χ4v) is 0.884. The number of hydrogen-bond acceptors (Lipinski definition) is 2. The van der Waals surface area contributed by atoms with Crippen LogP contribution in [0.15, 0.2) is 0 Å². The summed E-state index contributed by atoms with van der Waals surface area (Å²) in [6, 6.07) is 0. The zero-order valence-electron chi connectivity index (χ0n) is 5.06. The van der Waals surface area contributed by atoms with E-state index in [2.05, 4.69) is 5.73 Å². The summed E-state index contributed by atoms with van der Waals surface area (Å²) in [5.41, 5.74) is 4.15. The predicted octanol–water partition coefficient (Wildman–Crippen LogP) is 1.38. The molecule has 0 aromatic heterocycles. The molecule has 0 unspecified atom stereocenters. The standard InChI is InChI=1S/C5H10.CH2N2/c1-2-4-5-3-1;2-1-3/h1-5H2;2H2. The lowest BCUT2D eigenvalue weighted by Gasteiger charge is -1.67. The molecular weight excluding hydrogens is 100 g/mol. The Hall–Kier alpha value is -0.710. The number of hydrogen-bond donors (Lipinski definition) is 1. The molecule has 2 heteroatoms. The van der Waals surface area contributed by atoms with Gasteiger partial charge in [-0.25, -0.2) is 0 Å². The van der Waals surface area contributed by atoms with Crippen molar-refractivity contribution in [2.24, 2.45) is 5.73 Å². The van der Waals surface area contributed by atoms with Crippen LogP contribution in [0.4, 0.5) is 0 Å². The Morgan fingerprint density at radius 3 is 1.25 bits per heavy atom. The fourth-order valence-electron chi connectivity index (χ4n) is 0.884. The van der Waals surface area contributed by atoms with E-state index in [9.17, 15) is 0 Å². The van der Waals surface area contributed by atoms with Crippen LogP contribution in [-0.4, -0.2) is 0 Å². The zero-order valence-corrected chi connectivity index (χ0v) is 5.06. The largest absolute Gasteiger partial charge is 0.337 e. The van der Waals surface area contributed by atoms with E-state index in [1.807, 2.05) is 0 Å². The lowest BCUT2D eigenvalue weighted by atomic mass is 10.4. The van der Waals surface area contributed by atoms with E-state index in [1.54, 1.807) is 0 Å². The zero-order chi connectivity index (χ0) is 6.24. The van der Waals surface area contributed by atoms with Crippen LogP contribution >= 0.6 is 0 Å². The van der Waals surface area contributed by atoms with Crippen molar-refractivity contribution in [3.8, 4) is 6.19 Å². The van der Waals surface area contributed by atoms with Crippen molar-refractivity contribution in [3.05, 3.63) is 0 Å². The number of rotatable bonds is 0. The summed E-state index contributed by atoms with van der Waals surface area (Å²) in [4.78, 5) is 0. The molecule has 0 spiro atoms. The van der Waals surface area contributed by atoms with Crippen molar-refractivity contribution in [2.45, 2.75) is 32.1 Å². The third-order valence-corrected chi connectivity index (χ3v) is 1.25. The molecule has 0 aromatic rings. The molecule has 1 aliphatic carbocycles. The van der Waals surface area contributed by atoms with E-state index >= 15 is 0 Å². The Morgan fingerprint density at radius 2 is 1.12 bits per heavy atom. The molecule has 0 saturated heterocycles. The summed E-state index contributed by atoms with van der Waals surface area (Å²) in [7, 11) is 0. The molecular formula is C6H12N2. The van der Waals surface area contributed by atoms with Crippen LogP contribution in [0.5, 0.6) is 0 Å². The lowest BCUT2D eigenvalue weighted by Crippen LogP contribution is -1.69. The van der Waals surface area contributed by atoms with Gasteiger partial charge < -0.3 is 5.73 Å². The molecule has 8 heavy (non-hydrogen) atoms. The molecule has 0 radical (unpaired) electrons. The van der Waals surface area contributed by atoms with Crippen molar-refractivity contribution < 1.29 is 0 Å². The van der Waals surface area contributed by atoms with Crippen LogP contribution in [0, 0.1) is 11.5 Å². The Kier molecular flexibility index (Phi) is 5.73. The Balaban J connectivity index is 0.000000145. The average molecular weight is 112 g/mol. The van der Waals surface area contributed by atoms with Crippen LogP contribution in [0.3, 0.4) is 0 Å². The van der Waals surface area contributed by atoms with Gasteiger partial charge in [0.15, 0.2) is 6.19 Å². The number of nitriles is 1. The van der Waals surface area contributed by atoms with E-state index in [0.29, 0.717) is 0 Å². The van der Waals surface area contributed by atoms with Gasteiger partial charge >= 0.3 is 0 Å². The van der Waals surface area contributed by atoms with Gasteiger partial charge in [0.1, 0.15) is 0 Å². The second-order valence-electron chi connectivity index (χ2n) is 1.90. The molecule has 1 saturated carbocycles. The Morgan fingerprint density at radius 1 is 1.00 bits per heavy atom. The molecule has 1 rings (SSSR count). The fraction of sp³-hybridized carbons (Fsp3) is 0.833. The SMILES string of the molecule is C1CCCC1.N#CN. The minimum atomic E-state index is 1.25. The van der Waals surface area contributed by atoms with Crippen LogP contribution in [0.25, 0.3) is 0 Å².